The number of ketones is 1. The van der Waals surface area contributed by atoms with Gasteiger partial charge in [0.2, 0.25) is 15.9 Å². The number of carbonyl (C=O) groups is 2. The van der Waals surface area contributed by atoms with E-state index in [0.717, 1.165) is 19.3 Å². The number of piperidine rings is 1. The molecule has 1 aromatic heterocycles. The van der Waals surface area contributed by atoms with E-state index >= 15 is 0 Å². The fraction of sp³-hybridized carbons (Fsp3) is 0.448. The van der Waals surface area contributed by atoms with E-state index in [1.165, 1.54) is 34.5 Å². The van der Waals surface area contributed by atoms with Gasteiger partial charge in [0.1, 0.15) is 11.7 Å². The molecule has 1 aliphatic carbocycles. The zero-order chi connectivity index (χ0) is 28.5. The minimum atomic E-state index is -3.55. The molecule has 1 aromatic carbocycles. The van der Waals surface area contributed by atoms with Gasteiger partial charge in [0.25, 0.3) is 0 Å². The van der Waals surface area contributed by atoms with Crippen LogP contribution in [0.2, 0.25) is 0 Å². The minimum absolute atomic E-state index is 0.00430. The molecule has 11 heteroatoms. The number of furan rings is 1. The van der Waals surface area contributed by atoms with Crippen LogP contribution in [-0.4, -0.2) is 48.3 Å². The average Bonchev–Trinajstić information content (AvgIpc) is 3.46. The van der Waals surface area contributed by atoms with Crippen molar-refractivity contribution >= 4 is 44.2 Å². The Balaban J connectivity index is 1.30. The van der Waals surface area contributed by atoms with E-state index in [1.54, 1.807) is 24.3 Å². The van der Waals surface area contributed by atoms with E-state index < -0.39 is 21.9 Å². The van der Waals surface area contributed by atoms with Crippen molar-refractivity contribution in [2.75, 3.05) is 24.2 Å². The third-order valence-corrected chi connectivity index (χ3v) is 10.4. The van der Waals surface area contributed by atoms with Gasteiger partial charge in [-0.25, -0.2) is 13.4 Å². The van der Waals surface area contributed by atoms with Crippen molar-refractivity contribution in [1.29, 1.82) is 5.26 Å². The number of hydrogen-bond donors (Lipinski definition) is 1. The monoisotopic (exact) mass is 580 g/mol. The Morgan fingerprint density at radius 1 is 1.18 bits per heavy atom. The van der Waals surface area contributed by atoms with Crippen molar-refractivity contribution in [3.05, 3.63) is 59.7 Å². The third kappa shape index (κ3) is 5.80. The smallest absolute Gasteiger partial charge is 0.243 e. The highest BCUT2D eigenvalue weighted by molar-refractivity contribution is 8.14. The molecule has 3 aliphatic rings. The maximum absolute atomic E-state index is 13.2. The molecule has 1 amide bonds. The second-order valence-corrected chi connectivity index (χ2v) is 14.1. The highest BCUT2D eigenvalue weighted by Gasteiger charge is 2.45. The lowest BCUT2D eigenvalue weighted by Gasteiger charge is -2.37. The second-order valence-electron chi connectivity index (χ2n) is 11.2. The highest BCUT2D eigenvalue weighted by Crippen LogP contribution is 2.48. The molecule has 5 rings (SSSR count). The van der Waals surface area contributed by atoms with Crippen LogP contribution >= 0.6 is 11.8 Å². The molecule has 1 saturated heterocycles. The number of nitriles is 1. The minimum Gasteiger partial charge on any atom is -0.469 e. The predicted molar refractivity (Wildman–Crippen MR) is 153 cm³/mol. The van der Waals surface area contributed by atoms with Gasteiger partial charge in [-0.2, -0.15) is 9.57 Å². The van der Waals surface area contributed by atoms with Gasteiger partial charge >= 0.3 is 0 Å². The summed E-state index contributed by atoms with van der Waals surface area (Å²) in [5, 5.41) is 13.4. The molecular formula is C29H32N4O5S2. The zero-order valence-electron chi connectivity index (χ0n) is 22.6. The number of thioether (sulfide) groups is 1. The summed E-state index contributed by atoms with van der Waals surface area (Å²) in [7, 11) is -3.55. The van der Waals surface area contributed by atoms with E-state index in [9.17, 15) is 23.3 Å². The van der Waals surface area contributed by atoms with Crippen LogP contribution in [0.15, 0.2) is 68.2 Å². The molecular weight excluding hydrogens is 548 g/mol. The second kappa shape index (κ2) is 11.4. The van der Waals surface area contributed by atoms with Crippen LogP contribution < -0.4 is 5.32 Å². The first-order chi connectivity index (χ1) is 19.1. The lowest BCUT2D eigenvalue weighted by Crippen LogP contribution is -2.35. The molecule has 1 unspecified atom stereocenters. The standard InChI is InChI=1S/C29H32N4O5S2/c1-29(2)15-22-27(23(34)16-29)26(24-7-6-14-38-24)21(17-30)28(32-22)39-18-25(35)31-19-8-10-20(11-9-19)40(36,37)33-12-4-3-5-13-33/h6-11,14,21,26H,3-5,12-13,15-16,18H2,1-2H3,(H,31,35)/t21?,26-/m0/s1. The van der Waals surface area contributed by atoms with Crippen LogP contribution in [-0.2, 0) is 19.6 Å². The molecule has 1 fully saturated rings. The number of nitrogens with zero attached hydrogens (tertiary/aromatic N) is 3. The van der Waals surface area contributed by atoms with Crippen molar-refractivity contribution < 1.29 is 22.4 Å². The summed E-state index contributed by atoms with van der Waals surface area (Å²) in [6, 6.07) is 12.0. The quantitative estimate of drug-likeness (QED) is 0.502. The highest BCUT2D eigenvalue weighted by atomic mass is 32.2. The molecule has 40 heavy (non-hydrogen) atoms. The summed E-state index contributed by atoms with van der Waals surface area (Å²) in [5.74, 6) is -1.14. The molecule has 0 saturated carbocycles. The summed E-state index contributed by atoms with van der Waals surface area (Å²) in [6.07, 6.45) is 5.24. The summed E-state index contributed by atoms with van der Waals surface area (Å²) in [4.78, 5) is 31.0. The van der Waals surface area contributed by atoms with E-state index in [0.29, 0.717) is 53.7 Å². The maximum atomic E-state index is 13.2. The first kappa shape index (κ1) is 28.3. The zero-order valence-corrected chi connectivity index (χ0v) is 24.2. The van der Waals surface area contributed by atoms with Crippen molar-refractivity contribution in [3.63, 3.8) is 0 Å². The predicted octanol–water partition coefficient (Wildman–Crippen LogP) is 5.10. The first-order valence-corrected chi connectivity index (χ1v) is 15.8. The van der Waals surface area contributed by atoms with E-state index in [1.807, 2.05) is 13.8 Å². The van der Waals surface area contributed by atoms with Crippen LogP contribution in [0.4, 0.5) is 5.69 Å². The number of Topliss-reactive ketones (excluding diaryl/α,β-unsaturated/α-hetero) is 1. The number of anilines is 1. The molecule has 2 aliphatic heterocycles. The van der Waals surface area contributed by atoms with Gasteiger partial charge in [-0.3, -0.25) is 9.59 Å². The fourth-order valence-corrected chi connectivity index (χ4v) is 8.01. The van der Waals surface area contributed by atoms with E-state index in [2.05, 4.69) is 11.4 Å². The maximum Gasteiger partial charge on any atom is 0.243 e. The Morgan fingerprint density at radius 2 is 1.90 bits per heavy atom. The van der Waals surface area contributed by atoms with Crippen LogP contribution in [0.3, 0.4) is 0 Å². The Kier molecular flexibility index (Phi) is 8.04. The van der Waals surface area contributed by atoms with Crippen molar-refractivity contribution in [2.45, 2.75) is 56.8 Å². The van der Waals surface area contributed by atoms with Crippen LogP contribution in [0.25, 0.3) is 0 Å². The largest absolute Gasteiger partial charge is 0.469 e. The first-order valence-electron chi connectivity index (χ1n) is 13.4. The number of rotatable bonds is 6. The Hall–Kier alpha value is -3.20. The fourth-order valence-electron chi connectivity index (χ4n) is 5.59. The van der Waals surface area contributed by atoms with E-state index in [4.69, 9.17) is 9.41 Å². The molecule has 3 heterocycles. The Morgan fingerprint density at radius 3 is 2.55 bits per heavy atom. The molecule has 9 nitrogen and oxygen atoms in total. The number of benzene rings is 1. The molecule has 210 valence electrons. The van der Waals surface area contributed by atoms with Crippen LogP contribution in [0.5, 0.6) is 0 Å². The lowest BCUT2D eigenvalue weighted by atomic mass is 9.69. The van der Waals surface area contributed by atoms with Crippen LogP contribution in [0, 0.1) is 22.7 Å². The number of aliphatic imine (C=N–C) groups is 1. The number of allylic oxidation sites excluding steroid dienone is 2. The number of amides is 1. The summed E-state index contributed by atoms with van der Waals surface area (Å²) in [5.41, 5.74) is 1.41. The van der Waals surface area contributed by atoms with Gasteiger partial charge in [-0.1, -0.05) is 32.0 Å². The van der Waals surface area contributed by atoms with Crippen molar-refractivity contribution in [3.8, 4) is 6.07 Å². The normalized spacial score (nSPS) is 23.2. The van der Waals surface area contributed by atoms with Gasteiger partial charge in [0.15, 0.2) is 5.78 Å². The molecule has 2 atom stereocenters. The number of sulfonamides is 1. The van der Waals surface area contributed by atoms with Gasteiger partial charge in [0.05, 0.1) is 33.9 Å². The summed E-state index contributed by atoms with van der Waals surface area (Å²) < 4.78 is 33.0. The van der Waals surface area contributed by atoms with Crippen molar-refractivity contribution in [1.82, 2.24) is 4.31 Å². The van der Waals surface area contributed by atoms with E-state index in [-0.39, 0.29) is 27.8 Å². The van der Waals surface area contributed by atoms with Gasteiger partial charge < -0.3 is 9.73 Å². The topological polar surface area (TPSA) is 133 Å². The lowest BCUT2D eigenvalue weighted by molar-refractivity contribution is -0.118. The van der Waals surface area contributed by atoms with Crippen molar-refractivity contribution in [2.24, 2.45) is 16.3 Å². The molecule has 1 N–H and O–H groups in total. The number of nitrogens with one attached hydrogen (secondary N) is 1. The SMILES string of the molecule is CC1(C)CC(=O)C2=C(C1)N=C(SCC(=O)Nc1ccc(S(=O)(=O)N3CCCCC3)cc1)C(C#N)[C@H]2c1ccco1. The van der Waals surface area contributed by atoms with Crippen LogP contribution in [0.1, 0.15) is 57.6 Å². The molecule has 0 spiro atoms. The Bertz CT molecular complexity index is 1500. The number of hydrogen-bond acceptors (Lipinski definition) is 8. The molecule has 0 bridgehead atoms. The van der Waals surface area contributed by atoms with Gasteiger partial charge in [-0.05, 0) is 61.1 Å². The summed E-state index contributed by atoms with van der Waals surface area (Å²) >= 11 is 1.17. The van der Waals surface area contributed by atoms with Gasteiger partial charge in [-0.15, -0.1) is 0 Å². The third-order valence-electron chi connectivity index (χ3n) is 7.48. The molecule has 0 radical (unpaired) electrons. The van der Waals surface area contributed by atoms with Gasteiger partial charge in [0, 0.05) is 36.5 Å². The molecule has 2 aromatic rings. The number of carbonyl (C=O) groups excluding carboxylic acids is 2. The Labute approximate surface area is 238 Å². The average molecular weight is 581 g/mol. The summed E-state index contributed by atoms with van der Waals surface area (Å²) in [6.45, 7) is 5.09.